The fourth-order valence-electron chi connectivity index (χ4n) is 1.24. The molecular weight excluding hydrogens is 372 g/mol. The van der Waals surface area contributed by atoms with Crippen molar-refractivity contribution in [2.75, 3.05) is 10.7 Å². The van der Waals surface area contributed by atoms with E-state index in [1.807, 2.05) is 6.07 Å². The molecule has 8 heteroatoms. The smallest absolute Gasteiger partial charge is 0.239 e. The van der Waals surface area contributed by atoms with Gasteiger partial charge in [0.15, 0.2) is 11.6 Å². The largest absolute Gasteiger partial charge is 0.336 e. The molecule has 0 atom stereocenters. The van der Waals surface area contributed by atoms with Crippen LogP contribution in [0.25, 0.3) is 0 Å². The lowest BCUT2D eigenvalue weighted by atomic mass is 10.3. The monoisotopic (exact) mass is 379 g/mol. The molecule has 0 spiro atoms. The number of nitrogens with two attached hydrogens (primary N) is 1. The highest BCUT2D eigenvalue weighted by atomic mass is 127. The molecule has 1 aromatic carbocycles. The Balaban J connectivity index is 2.33. The molecule has 0 saturated carbocycles. The maximum atomic E-state index is 13.5. The number of hydrogen-bond acceptors (Lipinski definition) is 5. The van der Waals surface area contributed by atoms with Crippen molar-refractivity contribution in [2.24, 2.45) is 5.84 Å². The van der Waals surface area contributed by atoms with Crippen molar-refractivity contribution in [3.8, 4) is 0 Å². The second-order valence-electron chi connectivity index (χ2n) is 3.28. The van der Waals surface area contributed by atoms with Gasteiger partial charge in [0.1, 0.15) is 0 Å². The quantitative estimate of drug-likeness (QED) is 0.434. The van der Waals surface area contributed by atoms with Gasteiger partial charge in [-0.15, -0.1) is 0 Å². The fourth-order valence-corrected chi connectivity index (χ4v) is 2.15. The minimum atomic E-state index is -0.594. The standard InChI is InChI=1S/C10H8ClFIN5/c11-6-3-5(13)1-2-8(6)16-9-7(12)4-15-10(17-9)18-14/h1-4H,14H2,(H2,15,16,17,18). The van der Waals surface area contributed by atoms with Crippen molar-refractivity contribution in [2.45, 2.75) is 0 Å². The molecule has 0 aliphatic rings. The van der Waals surface area contributed by atoms with Crippen LogP contribution in [-0.4, -0.2) is 9.97 Å². The summed E-state index contributed by atoms with van der Waals surface area (Å²) in [6.45, 7) is 0. The van der Waals surface area contributed by atoms with Gasteiger partial charge in [0.05, 0.1) is 16.9 Å². The third-order valence-electron chi connectivity index (χ3n) is 2.06. The molecule has 0 aliphatic carbocycles. The van der Waals surface area contributed by atoms with E-state index in [-0.39, 0.29) is 11.8 Å². The lowest BCUT2D eigenvalue weighted by Crippen LogP contribution is -2.12. The molecule has 0 aliphatic heterocycles. The summed E-state index contributed by atoms with van der Waals surface area (Å²) in [5, 5.41) is 3.26. The zero-order chi connectivity index (χ0) is 13.1. The lowest BCUT2D eigenvalue weighted by molar-refractivity contribution is 0.619. The summed E-state index contributed by atoms with van der Waals surface area (Å²) in [6.07, 6.45) is 1.02. The minimum absolute atomic E-state index is 0.000980. The first-order chi connectivity index (χ1) is 8.60. The van der Waals surface area contributed by atoms with Crippen LogP contribution in [0.4, 0.5) is 21.8 Å². The zero-order valence-electron chi connectivity index (χ0n) is 8.92. The van der Waals surface area contributed by atoms with E-state index in [9.17, 15) is 4.39 Å². The van der Waals surface area contributed by atoms with Crippen LogP contribution < -0.4 is 16.6 Å². The third-order valence-corrected chi connectivity index (χ3v) is 3.04. The second-order valence-corrected chi connectivity index (χ2v) is 4.94. The summed E-state index contributed by atoms with van der Waals surface area (Å²) in [6, 6.07) is 5.34. The van der Waals surface area contributed by atoms with Crippen LogP contribution in [0.3, 0.4) is 0 Å². The van der Waals surface area contributed by atoms with Crippen molar-refractivity contribution in [3.05, 3.63) is 38.8 Å². The van der Waals surface area contributed by atoms with Gasteiger partial charge in [-0.25, -0.2) is 15.2 Å². The van der Waals surface area contributed by atoms with Crippen LogP contribution >= 0.6 is 34.2 Å². The van der Waals surface area contributed by atoms with Crippen LogP contribution in [0.5, 0.6) is 0 Å². The topological polar surface area (TPSA) is 75.9 Å². The van der Waals surface area contributed by atoms with Crippen molar-refractivity contribution < 1.29 is 4.39 Å². The number of nitrogens with one attached hydrogen (secondary N) is 2. The highest BCUT2D eigenvalue weighted by Crippen LogP contribution is 2.27. The molecule has 4 N–H and O–H groups in total. The number of anilines is 3. The molecule has 0 unspecified atom stereocenters. The van der Waals surface area contributed by atoms with E-state index in [0.717, 1.165) is 9.77 Å². The van der Waals surface area contributed by atoms with Crippen LogP contribution in [0.15, 0.2) is 24.4 Å². The van der Waals surface area contributed by atoms with Gasteiger partial charge in [-0.3, -0.25) is 5.43 Å². The van der Waals surface area contributed by atoms with Crippen molar-refractivity contribution >= 4 is 51.6 Å². The first kappa shape index (κ1) is 13.2. The molecule has 0 bridgehead atoms. The molecular formula is C10H8ClFIN5. The number of aromatic nitrogens is 2. The Morgan fingerprint density at radius 2 is 2.17 bits per heavy atom. The predicted molar refractivity (Wildman–Crippen MR) is 77.3 cm³/mol. The molecule has 94 valence electrons. The summed E-state index contributed by atoms with van der Waals surface area (Å²) in [7, 11) is 0. The molecule has 1 aromatic heterocycles. The van der Waals surface area contributed by atoms with E-state index in [1.165, 1.54) is 0 Å². The number of benzene rings is 1. The number of halogens is 3. The number of hydrazine groups is 1. The third kappa shape index (κ3) is 2.98. The van der Waals surface area contributed by atoms with E-state index in [4.69, 9.17) is 17.4 Å². The zero-order valence-corrected chi connectivity index (χ0v) is 11.8. The summed E-state index contributed by atoms with van der Waals surface area (Å²) in [4.78, 5) is 7.49. The normalized spacial score (nSPS) is 10.2. The Morgan fingerprint density at radius 3 is 2.83 bits per heavy atom. The maximum Gasteiger partial charge on any atom is 0.239 e. The van der Waals surface area contributed by atoms with E-state index in [0.29, 0.717) is 10.7 Å². The molecule has 2 rings (SSSR count). The van der Waals surface area contributed by atoms with Gasteiger partial charge in [0, 0.05) is 3.57 Å². The Labute approximate surface area is 121 Å². The van der Waals surface area contributed by atoms with Gasteiger partial charge in [-0.05, 0) is 40.8 Å². The second kappa shape index (κ2) is 5.63. The van der Waals surface area contributed by atoms with Gasteiger partial charge in [-0.2, -0.15) is 4.98 Å². The van der Waals surface area contributed by atoms with Crippen LogP contribution in [-0.2, 0) is 0 Å². The average Bonchev–Trinajstić information content (AvgIpc) is 2.35. The number of nitrogens with zero attached hydrogens (tertiary/aromatic N) is 2. The fraction of sp³-hybridized carbons (Fsp3) is 0. The van der Waals surface area contributed by atoms with Gasteiger partial charge in [0.2, 0.25) is 5.95 Å². The summed E-state index contributed by atoms with van der Waals surface area (Å²) in [5.74, 6) is 4.68. The van der Waals surface area contributed by atoms with Crippen LogP contribution in [0.2, 0.25) is 5.02 Å². The highest BCUT2D eigenvalue weighted by Gasteiger charge is 2.09. The molecule has 5 nitrogen and oxygen atoms in total. The van der Waals surface area contributed by atoms with E-state index < -0.39 is 5.82 Å². The Hall–Kier alpha value is -1.19. The van der Waals surface area contributed by atoms with Gasteiger partial charge in [0.25, 0.3) is 0 Å². The summed E-state index contributed by atoms with van der Waals surface area (Å²) >= 11 is 8.16. The molecule has 0 saturated heterocycles. The average molecular weight is 380 g/mol. The summed E-state index contributed by atoms with van der Waals surface area (Å²) in [5.41, 5.74) is 2.79. The summed E-state index contributed by atoms with van der Waals surface area (Å²) < 4.78 is 14.5. The van der Waals surface area contributed by atoms with Gasteiger partial charge < -0.3 is 5.32 Å². The van der Waals surface area contributed by atoms with Gasteiger partial charge in [-0.1, -0.05) is 11.6 Å². The number of rotatable bonds is 3. The predicted octanol–water partition coefficient (Wildman–Crippen LogP) is 2.90. The van der Waals surface area contributed by atoms with Crippen molar-refractivity contribution in [1.82, 2.24) is 9.97 Å². The van der Waals surface area contributed by atoms with Gasteiger partial charge >= 0.3 is 0 Å². The minimum Gasteiger partial charge on any atom is -0.336 e. The molecule has 1 heterocycles. The maximum absolute atomic E-state index is 13.5. The molecule has 0 fully saturated rings. The first-order valence-electron chi connectivity index (χ1n) is 4.81. The van der Waals surface area contributed by atoms with E-state index in [1.54, 1.807) is 12.1 Å². The number of nitrogen functional groups attached to an aromatic ring is 1. The molecule has 0 radical (unpaired) electrons. The van der Waals surface area contributed by atoms with Crippen molar-refractivity contribution in [1.29, 1.82) is 0 Å². The van der Waals surface area contributed by atoms with E-state index in [2.05, 4.69) is 43.3 Å². The Kier molecular flexibility index (Phi) is 4.15. The molecule has 0 amide bonds. The van der Waals surface area contributed by atoms with Crippen LogP contribution in [0, 0.1) is 9.39 Å². The lowest BCUT2D eigenvalue weighted by Gasteiger charge is -2.09. The highest BCUT2D eigenvalue weighted by molar-refractivity contribution is 14.1. The SMILES string of the molecule is NNc1ncc(F)c(Nc2ccc(I)cc2Cl)n1. The molecule has 18 heavy (non-hydrogen) atoms. The van der Waals surface area contributed by atoms with Crippen LogP contribution in [0.1, 0.15) is 0 Å². The molecule has 2 aromatic rings. The Morgan fingerprint density at radius 1 is 1.39 bits per heavy atom. The van der Waals surface area contributed by atoms with Crippen molar-refractivity contribution in [3.63, 3.8) is 0 Å². The first-order valence-corrected chi connectivity index (χ1v) is 6.27. The van der Waals surface area contributed by atoms with E-state index >= 15 is 0 Å². The Bertz CT molecular complexity index is 580. The number of hydrogen-bond donors (Lipinski definition) is 3.